The molecule has 0 spiro atoms. The number of halogens is 1. The number of carbonyl (C=O) groups is 1. The van der Waals surface area contributed by atoms with Gasteiger partial charge in [0.05, 0.1) is 12.2 Å². The van der Waals surface area contributed by atoms with Gasteiger partial charge in [0.25, 0.3) is 0 Å². The van der Waals surface area contributed by atoms with Crippen molar-refractivity contribution in [2.45, 2.75) is 24.3 Å². The van der Waals surface area contributed by atoms with E-state index < -0.39 is 27.8 Å². The van der Waals surface area contributed by atoms with E-state index in [-0.39, 0.29) is 12.2 Å². The van der Waals surface area contributed by atoms with Crippen molar-refractivity contribution in [1.82, 2.24) is 0 Å². The molecule has 1 aromatic carbocycles. The zero-order valence-electron chi connectivity index (χ0n) is 8.85. The number of benzene rings is 1. The third-order valence-corrected chi connectivity index (χ3v) is 3.83. The van der Waals surface area contributed by atoms with Crippen molar-refractivity contribution in [3.8, 4) is 0 Å². The molecule has 5 heteroatoms. The van der Waals surface area contributed by atoms with Crippen LogP contribution in [0, 0.1) is 5.82 Å². The molecule has 0 aromatic heterocycles. The highest BCUT2D eigenvalue weighted by molar-refractivity contribution is 7.84. The second-order valence-electron chi connectivity index (χ2n) is 3.52. The van der Waals surface area contributed by atoms with Crippen molar-refractivity contribution in [2.24, 2.45) is 0 Å². The molecule has 0 amide bonds. The van der Waals surface area contributed by atoms with E-state index in [1.165, 1.54) is 6.07 Å². The van der Waals surface area contributed by atoms with Gasteiger partial charge < -0.3 is 5.11 Å². The largest absolute Gasteiger partial charge is 0.481 e. The second kappa shape index (κ2) is 5.75. The number of rotatable bonds is 5. The van der Waals surface area contributed by atoms with Crippen LogP contribution in [-0.4, -0.2) is 20.5 Å². The number of hydrogen-bond donors (Lipinski definition) is 1. The van der Waals surface area contributed by atoms with Gasteiger partial charge in [-0.3, -0.25) is 9.00 Å². The van der Waals surface area contributed by atoms with Crippen molar-refractivity contribution >= 4 is 16.8 Å². The molecule has 0 saturated carbocycles. The summed E-state index contributed by atoms with van der Waals surface area (Å²) in [6.45, 7) is 1.59. The van der Waals surface area contributed by atoms with Crippen LogP contribution in [0.4, 0.5) is 4.39 Å². The molecule has 0 aliphatic carbocycles. The quantitative estimate of drug-likeness (QED) is 0.861. The first-order valence-corrected chi connectivity index (χ1v) is 6.21. The number of hydrogen-bond acceptors (Lipinski definition) is 2. The lowest BCUT2D eigenvalue weighted by molar-refractivity contribution is -0.136. The summed E-state index contributed by atoms with van der Waals surface area (Å²) in [7, 11) is -1.37. The van der Waals surface area contributed by atoms with E-state index in [1.54, 1.807) is 25.1 Å². The lowest BCUT2D eigenvalue weighted by atomic mass is 10.2. The average Bonchev–Trinajstić information content (AvgIpc) is 2.20. The summed E-state index contributed by atoms with van der Waals surface area (Å²) in [5, 5.41) is 8.07. The van der Waals surface area contributed by atoms with Crippen LogP contribution in [0.5, 0.6) is 0 Å². The van der Waals surface area contributed by atoms with Crippen LogP contribution in [0.25, 0.3) is 0 Å². The van der Waals surface area contributed by atoms with Gasteiger partial charge in [-0.1, -0.05) is 25.1 Å². The Labute approximate surface area is 95.8 Å². The molecule has 0 saturated heterocycles. The Morgan fingerprint density at radius 2 is 2.12 bits per heavy atom. The maximum atomic E-state index is 13.2. The van der Waals surface area contributed by atoms with Gasteiger partial charge >= 0.3 is 5.97 Å². The van der Waals surface area contributed by atoms with Gasteiger partial charge in [-0.2, -0.15) is 0 Å². The van der Waals surface area contributed by atoms with Crippen molar-refractivity contribution in [2.75, 3.05) is 0 Å². The molecule has 0 fully saturated rings. The van der Waals surface area contributed by atoms with Crippen molar-refractivity contribution in [3.05, 3.63) is 35.6 Å². The lowest BCUT2D eigenvalue weighted by Gasteiger charge is -2.09. The molecular formula is C11H13FO3S. The molecule has 0 radical (unpaired) electrons. The van der Waals surface area contributed by atoms with E-state index >= 15 is 0 Å². The van der Waals surface area contributed by atoms with E-state index in [4.69, 9.17) is 5.11 Å². The maximum Gasteiger partial charge on any atom is 0.304 e. The van der Waals surface area contributed by atoms with E-state index in [1.807, 2.05) is 0 Å². The first-order valence-electron chi connectivity index (χ1n) is 4.83. The molecule has 3 nitrogen and oxygen atoms in total. The number of aliphatic carboxylic acids is 1. The molecule has 0 heterocycles. The van der Waals surface area contributed by atoms with E-state index in [9.17, 15) is 13.4 Å². The highest BCUT2D eigenvalue weighted by Gasteiger charge is 2.16. The fourth-order valence-electron chi connectivity index (χ4n) is 1.25. The number of carboxylic acid groups (broad SMARTS) is 1. The Kier molecular flexibility index (Phi) is 4.61. The van der Waals surface area contributed by atoms with Gasteiger partial charge in [0.1, 0.15) is 5.82 Å². The highest BCUT2D eigenvalue weighted by Crippen LogP contribution is 2.12. The molecule has 88 valence electrons. The minimum Gasteiger partial charge on any atom is -0.481 e. The summed E-state index contributed by atoms with van der Waals surface area (Å²) in [5.74, 6) is -1.34. The van der Waals surface area contributed by atoms with Crippen LogP contribution in [-0.2, 0) is 21.3 Å². The normalized spacial score (nSPS) is 14.4. The fourth-order valence-corrected chi connectivity index (χ4v) is 2.40. The topological polar surface area (TPSA) is 54.4 Å². The van der Waals surface area contributed by atoms with Crippen LogP contribution in [0.1, 0.15) is 18.9 Å². The monoisotopic (exact) mass is 244 g/mol. The summed E-state index contributed by atoms with van der Waals surface area (Å²) in [4.78, 5) is 10.4. The SMILES string of the molecule is CC(CC(=O)O)S(=O)Cc1ccccc1F. The Hall–Kier alpha value is -1.23. The Morgan fingerprint density at radius 1 is 1.50 bits per heavy atom. The van der Waals surface area contributed by atoms with Crippen LogP contribution in [0.2, 0.25) is 0 Å². The van der Waals surface area contributed by atoms with Gasteiger partial charge in [0.2, 0.25) is 0 Å². The molecule has 0 bridgehead atoms. The Balaban J connectivity index is 2.64. The second-order valence-corrected chi connectivity index (χ2v) is 5.38. The molecule has 1 rings (SSSR count). The van der Waals surface area contributed by atoms with E-state index in [0.29, 0.717) is 5.56 Å². The predicted molar refractivity (Wildman–Crippen MR) is 60.0 cm³/mol. The molecule has 0 aliphatic rings. The summed E-state index contributed by atoms with van der Waals surface area (Å²) < 4.78 is 24.9. The molecule has 16 heavy (non-hydrogen) atoms. The Bertz CT molecular complexity index is 406. The highest BCUT2D eigenvalue weighted by atomic mass is 32.2. The minimum atomic E-state index is -1.37. The maximum absolute atomic E-state index is 13.2. The van der Waals surface area contributed by atoms with Crippen LogP contribution in [0.3, 0.4) is 0 Å². The first kappa shape index (κ1) is 12.8. The van der Waals surface area contributed by atoms with Gasteiger partial charge in [0, 0.05) is 21.6 Å². The third-order valence-electron chi connectivity index (χ3n) is 2.17. The molecule has 1 aromatic rings. The Morgan fingerprint density at radius 3 is 2.69 bits per heavy atom. The zero-order chi connectivity index (χ0) is 12.1. The zero-order valence-corrected chi connectivity index (χ0v) is 9.67. The summed E-state index contributed by atoms with van der Waals surface area (Å²) in [5.41, 5.74) is 0.359. The summed E-state index contributed by atoms with van der Waals surface area (Å²) >= 11 is 0. The fraction of sp³-hybridized carbons (Fsp3) is 0.364. The van der Waals surface area contributed by atoms with E-state index in [0.717, 1.165) is 0 Å². The van der Waals surface area contributed by atoms with Crippen LogP contribution in [0.15, 0.2) is 24.3 Å². The molecule has 1 N–H and O–H groups in total. The van der Waals surface area contributed by atoms with Gasteiger partial charge in [0.15, 0.2) is 0 Å². The molecule has 2 unspecified atom stereocenters. The third kappa shape index (κ3) is 3.73. The van der Waals surface area contributed by atoms with E-state index in [2.05, 4.69) is 0 Å². The van der Waals surface area contributed by atoms with Crippen molar-refractivity contribution in [1.29, 1.82) is 0 Å². The smallest absolute Gasteiger partial charge is 0.304 e. The van der Waals surface area contributed by atoms with Crippen molar-refractivity contribution in [3.63, 3.8) is 0 Å². The van der Waals surface area contributed by atoms with Gasteiger partial charge in [-0.05, 0) is 6.07 Å². The molecule has 0 aliphatic heterocycles. The van der Waals surface area contributed by atoms with Gasteiger partial charge in [-0.25, -0.2) is 4.39 Å². The molecule has 2 atom stereocenters. The van der Waals surface area contributed by atoms with Gasteiger partial charge in [-0.15, -0.1) is 0 Å². The minimum absolute atomic E-state index is 0.0567. The summed E-state index contributed by atoms with van der Waals surface area (Å²) in [6, 6.07) is 6.08. The number of carboxylic acids is 1. The first-order chi connectivity index (χ1) is 7.50. The predicted octanol–water partition coefficient (Wildman–Crippen LogP) is 1.94. The average molecular weight is 244 g/mol. The standard InChI is InChI=1S/C11H13FO3S/c1-8(6-11(13)14)16(15)7-9-4-2-3-5-10(9)12/h2-5,8H,6-7H2,1H3,(H,13,14). The summed E-state index contributed by atoms with van der Waals surface area (Å²) in [6.07, 6.45) is -0.166. The molecular weight excluding hydrogens is 231 g/mol. The van der Waals surface area contributed by atoms with Crippen LogP contribution < -0.4 is 0 Å². The lowest BCUT2D eigenvalue weighted by Crippen LogP contribution is -2.17. The van der Waals surface area contributed by atoms with Crippen molar-refractivity contribution < 1.29 is 18.5 Å². The van der Waals surface area contributed by atoms with Crippen LogP contribution >= 0.6 is 0 Å².